The minimum atomic E-state index is 0.270. The molecule has 0 saturated carbocycles. The fourth-order valence-electron chi connectivity index (χ4n) is 4.30. The lowest BCUT2D eigenvalue weighted by atomic mass is 9.95. The molecule has 0 heterocycles. The molecule has 0 atom stereocenters. The van der Waals surface area contributed by atoms with Gasteiger partial charge in [-0.3, -0.25) is 0 Å². The van der Waals surface area contributed by atoms with Gasteiger partial charge in [-0.15, -0.1) is 0 Å². The van der Waals surface area contributed by atoms with E-state index < -0.39 is 0 Å². The van der Waals surface area contributed by atoms with Gasteiger partial charge < -0.3 is 24.1 Å². The molecule has 5 heteroatoms. The van der Waals surface area contributed by atoms with Crippen LogP contribution in [0.15, 0.2) is 48.5 Å². The van der Waals surface area contributed by atoms with Crippen LogP contribution in [0.1, 0.15) is 58.7 Å². The first-order chi connectivity index (χ1) is 16.8. The van der Waals surface area contributed by atoms with Crippen LogP contribution in [0.4, 0.5) is 0 Å². The van der Waals surface area contributed by atoms with Gasteiger partial charge in [0, 0.05) is 31.8 Å². The minimum absolute atomic E-state index is 0.270. The van der Waals surface area contributed by atoms with Crippen LogP contribution in [0.2, 0.25) is 0 Å². The van der Waals surface area contributed by atoms with Gasteiger partial charge in [0.2, 0.25) is 0 Å². The molecule has 5 nitrogen and oxygen atoms in total. The van der Waals surface area contributed by atoms with Crippen molar-refractivity contribution in [1.82, 2.24) is 0 Å². The Hall–Kier alpha value is -3.02. The summed E-state index contributed by atoms with van der Waals surface area (Å²) in [7, 11) is 3.31. The number of aryl methyl sites for hydroxylation is 2. The zero-order valence-corrected chi connectivity index (χ0v) is 21.8. The van der Waals surface area contributed by atoms with Crippen LogP contribution >= 0.6 is 0 Å². The van der Waals surface area contributed by atoms with Gasteiger partial charge in [0.1, 0.15) is 30.5 Å². The number of benzene rings is 3. The molecule has 0 aliphatic carbocycles. The molecule has 0 amide bonds. The fourth-order valence-corrected chi connectivity index (χ4v) is 4.30. The molecule has 35 heavy (non-hydrogen) atoms. The molecule has 0 aliphatic rings. The second-order valence-electron chi connectivity index (χ2n) is 9.31. The molecule has 0 bridgehead atoms. The molecule has 0 saturated heterocycles. The largest absolute Gasteiger partial charge is 0.507 e. The average molecular weight is 479 g/mol. The summed E-state index contributed by atoms with van der Waals surface area (Å²) in [6.07, 6.45) is 0.537. The molecule has 3 aromatic rings. The monoisotopic (exact) mass is 478 g/mol. The summed E-state index contributed by atoms with van der Waals surface area (Å²) in [5, 5.41) is 10.9. The molecule has 3 rings (SSSR count). The van der Waals surface area contributed by atoms with Crippen molar-refractivity contribution in [2.75, 3.05) is 27.4 Å². The zero-order chi connectivity index (χ0) is 25.4. The highest BCUT2D eigenvalue weighted by molar-refractivity contribution is 5.51. The maximum absolute atomic E-state index is 10.9. The van der Waals surface area contributed by atoms with Gasteiger partial charge >= 0.3 is 0 Å². The highest BCUT2D eigenvalue weighted by Gasteiger charge is 2.16. The Morgan fingerprint density at radius 3 is 1.89 bits per heavy atom. The highest BCUT2D eigenvalue weighted by Crippen LogP contribution is 2.33. The van der Waals surface area contributed by atoms with Crippen molar-refractivity contribution in [2.45, 2.75) is 53.2 Å². The maximum atomic E-state index is 10.9. The number of methoxy groups -OCH3 is 2. The fraction of sp³-hybridized carbons (Fsp3) is 0.400. The third kappa shape index (κ3) is 7.23. The lowest BCUT2D eigenvalue weighted by Crippen LogP contribution is -2.12. The van der Waals surface area contributed by atoms with Gasteiger partial charge in [0.15, 0.2) is 0 Å². The average Bonchev–Trinajstić information content (AvgIpc) is 2.81. The van der Waals surface area contributed by atoms with Gasteiger partial charge in [0.25, 0.3) is 0 Å². The number of ether oxygens (including phenoxy) is 4. The van der Waals surface area contributed by atoms with Crippen molar-refractivity contribution in [3.8, 4) is 17.2 Å². The molecular formula is C30H38O5. The lowest BCUT2D eigenvalue weighted by molar-refractivity contribution is 0.174. The minimum Gasteiger partial charge on any atom is -0.507 e. The van der Waals surface area contributed by atoms with E-state index in [9.17, 15) is 5.11 Å². The van der Waals surface area contributed by atoms with E-state index in [4.69, 9.17) is 18.9 Å². The van der Waals surface area contributed by atoms with Crippen LogP contribution in [0.3, 0.4) is 0 Å². The Kier molecular flexibility index (Phi) is 9.58. The van der Waals surface area contributed by atoms with Gasteiger partial charge in [0.05, 0.1) is 13.2 Å². The SMILES string of the molecule is COCc1cc(C)cc(Cc2cc(C)cc(COC)c2OCCOc2ccc(C(C)C)cc2)c1O. The van der Waals surface area contributed by atoms with E-state index in [2.05, 4.69) is 45.0 Å². The van der Waals surface area contributed by atoms with E-state index >= 15 is 0 Å². The Bertz CT molecular complexity index is 1100. The Balaban J connectivity index is 1.79. The molecule has 1 N–H and O–H groups in total. The molecule has 0 unspecified atom stereocenters. The summed E-state index contributed by atoms with van der Waals surface area (Å²) in [5.74, 6) is 2.37. The quantitative estimate of drug-likeness (QED) is 0.302. The van der Waals surface area contributed by atoms with Gasteiger partial charge in [-0.2, -0.15) is 0 Å². The summed E-state index contributed by atoms with van der Waals surface area (Å²) >= 11 is 0. The number of phenolic OH excluding ortho intramolecular Hbond substituents is 1. The van der Waals surface area contributed by atoms with E-state index in [0.717, 1.165) is 44.9 Å². The molecule has 0 fully saturated rings. The molecule has 0 spiro atoms. The number of hydrogen-bond donors (Lipinski definition) is 1. The standard InChI is InChI=1S/C30H38O5/c1-20(2)23-7-9-28(10-8-23)34-11-12-35-30-25(14-22(4)16-27(30)19-33-6)17-24-13-21(3)15-26(18-32-5)29(24)31/h7-10,13-16,20,31H,11-12,17-19H2,1-6H3. The summed E-state index contributed by atoms with van der Waals surface area (Å²) in [4.78, 5) is 0. The van der Waals surface area contributed by atoms with Crippen molar-refractivity contribution in [3.63, 3.8) is 0 Å². The van der Waals surface area contributed by atoms with Gasteiger partial charge in [-0.1, -0.05) is 61.4 Å². The first-order valence-corrected chi connectivity index (χ1v) is 12.1. The predicted molar refractivity (Wildman–Crippen MR) is 140 cm³/mol. The van der Waals surface area contributed by atoms with Crippen molar-refractivity contribution in [2.24, 2.45) is 0 Å². The number of hydrogen-bond acceptors (Lipinski definition) is 5. The van der Waals surface area contributed by atoms with E-state index in [-0.39, 0.29) is 5.75 Å². The first-order valence-electron chi connectivity index (χ1n) is 12.1. The topological polar surface area (TPSA) is 57.2 Å². The summed E-state index contributed by atoms with van der Waals surface area (Å²) in [6, 6.07) is 16.4. The number of rotatable bonds is 12. The van der Waals surface area contributed by atoms with Crippen molar-refractivity contribution in [3.05, 3.63) is 87.5 Å². The van der Waals surface area contributed by atoms with Crippen LogP contribution in [-0.2, 0) is 29.1 Å². The van der Waals surface area contributed by atoms with E-state index in [1.807, 2.05) is 31.2 Å². The smallest absolute Gasteiger partial charge is 0.128 e. The Morgan fingerprint density at radius 1 is 0.714 bits per heavy atom. The normalized spacial score (nSPS) is 11.2. The van der Waals surface area contributed by atoms with Crippen LogP contribution in [-0.4, -0.2) is 32.5 Å². The predicted octanol–water partition coefficient (Wildman–Crippen LogP) is 6.47. The lowest BCUT2D eigenvalue weighted by Gasteiger charge is -2.19. The third-order valence-corrected chi connectivity index (χ3v) is 5.93. The summed E-state index contributed by atoms with van der Waals surface area (Å²) in [5.41, 5.74) is 7.09. The molecule has 0 aliphatic heterocycles. The molecule has 0 aromatic heterocycles. The van der Waals surface area contributed by atoms with Crippen LogP contribution < -0.4 is 9.47 Å². The molecular weight excluding hydrogens is 440 g/mol. The maximum Gasteiger partial charge on any atom is 0.128 e. The van der Waals surface area contributed by atoms with Crippen LogP contribution in [0, 0.1) is 13.8 Å². The van der Waals surface area contributed by atoms with E-state index in [1.165, 1.54) is 5.56 Å². The van der Waals surface area contributed by atoms with Gasteiger partial charge in [-0.25, -0.2) is 0 Å². The molecule has 188 valence electrons. The number of phenols is 1. The summed E-state index contributed by atoms with van der Waals surface area (Å²) in [6.45, 7) is 10.1. The molecule has 0 radical (unpaired) electrons. The third-order valence-electron chi connectivity index (χ3n) is 5.93. The zero-order valence-electron chi connectivity index (χ0n) is 21.8. The molecule has 3 aromatic carbocycles. The van der Waals surface area contributed by atoms with Crippen LogP contribution in [0.5, 0.6) is 17.2 Å². The van der Waals surface area contributed by atoms with Crippen LogP contribution in [0.25, 0.3) is 0 Å². The van der Waals surface area contributed by atoms with Gasteiger partial charge in [-0.05, 0) is 48.6 Å². The Labute approximate surface area is 209 Å². The van der Waals surface area contributed by atoms with Crippen molar-refractivity contribution < 1.29 is 24.1 Å². The van der Waals surface area contributed by atoms with Crippen molar-refractivity contribution in [1.29, 1.82) is 0 Å². The second kappa shape index (κ2) is 12.6. The highest BCUT2D eigenvalue weighted by atomic mass is 16.5. The second-order valence-corrected chi connectivity index (χ2v) is 9.31. The van der Waals surface area contributed by atoms with E-state index in [0.29, 0.717) is 38.8 Å². The summed E-state index contributed by atoms with van der Waals surface area (Å²) < 4.78 is 22.9. The first kappa shape index (κ1) is 26.6. The van der Waals surface area contributed by atoms with Crippen molar-refractivity contribution >= 4 is 0 Å². The Morgan fingerprint density at radius 2 is 1.26 bits per heavy atom. The van der Waals surface area contributed by atoms with E-state index in [1.54, 1.807) is 14.2 Å². The number of aromatic hydroxyl groups is 1.